The molecular formula is C19H14F3N3O. The lowest BCUT2D eigenvalue weighted by atomic mass is 10.2. The Kier molecular flexibility index (Phi) is 5.17. The molecular weight excluding hydrogens is 343 g/mol. The lowest BCUT2D eigenvalue weighted by Gasteiger charge is -2.08. The second kappa shape index (κ2) is 7.69. The summed E-state index contributed by atoms with van der Waals surface area (Å²) in [5.41, 5.74) is 1.30. The molecule has 0 fully saturated rings. The summed E-state index contributed by atoms with van der Waals surface area (Å²) in [5.74, 6) is -2.40. The van der Waals surface area contributed by atoms with Crippen molar-refractivity contribution >= 4 is 17.4 Å². The molecule has 2 aromatic carbocycles. The highest BCUT2D eigenvalue weighted by molar-refractivity contribution is 6.04. The van der Waals surface area contributed by atoms with E-state index in [1.807, 2.05) is 0 Å². The van der Waals surface area contributed by atoms with Gasteiger partial charge in [0.25, 0.3) is 5.91 Å². The Morgan fingerprint density at radius 2 is 1.69 bits per heavy atom. The van der Waals surface area contributed by atoms with Gasteiger partial charge in [-0.25, -0.2) is 18.2 Å². The van der Waals surface area contributed by atoms with Gasteiger partial charge in [-0.05, 0) is 48.0 Å². The first-order valence-electron chi connectivity index (χ1n) is 7.72. The number of halogens is 3. The number of nitrogens with zero attached hydrogens (tertiary/aromatic N) is 1. The standard InChI is InChI=1S/C19H14F3N3O/c20-14-4-1-12(2-5-14)10-23-18-8-6-15(11-24-18)25-19(26)13-3-7-16(21)17(22)9-13/h1-9,11H,10H2,(H,23,24)(H,25,26). The number of carbonyl (C=O) groups is 1. The van der Waals surface area contributed by atoms with E-state index >= 15 is 0 Å². The van der Waals surface area contributed by atoms with Gasteiger partial charge in [0.1, 0.15) is 11.6 Å². The molecule has 0 saturated heterocycles. The number of anilines is 2. The molecule has 0 atom stereocenters. The van der Waals surface area contributed by atoms with E-state index in [1.54, 1.807) is 24.3 Å². The third-order valence-electron chi connectivity index (χ3n) is 3.59. The Balaban J connectivity index is 1.59. The van der Waals surface area contributed by atoms with Crippen LogP contribution < -0.4 is 10.6 Å². The average molecular weight is 357 g/mol. The Morgan fingerprint density at radius 1 is 0.923 bits per heavy atom. The number of carbonyl (C=O) groups excluding carboxylic acids is 1. The quantitative estimate of drug-likeness (QED) is 0.713. The van der Waals surface area contributed by atoms with Crippen LogP contribution in [0.3, 0.4) is 0 Å². The van der Waals surface area contributed by atoms with Crippen molar-refractivity contribution in [3.8, 4) is 0 Å². The topological polar surface area (TPSA) is 54.0 Å². The van der Waals surface area contributed by atoms with Crippen molar-refractivity contribution in [1.29, 1.82) is 0 Å². The molecule has 3 rings (SSSR count). The van der Waals surface area contributed by atoms with Crippen LogP contribution in [0, 0.1) is 17.5 Å². The Bertz CT molecular complexity index is 912. The molecule has 0 aliphatic heterocycles. The first-order valence-corrected chi connectivity index (χ1v) is 7.72. The van der Waals surface area contributed by atoms with E-state index in [4.69, 9.17) is 0 Å². The number of nitrogens with one attached hydrogen (secondary N) is 2. The predicted octanol–water partition coefficient (Wildman–Crippen LogP) is 4.36. The molecule has 0 aliphatic rings. The van der Waals surface area contributed by atoms with Crippen LogP contribution >= 0.6 is 0 Å². The van der Waals surface area contributed by atoms with Gasteiger partial charge >= 0.3 is 0 Å². The van der Waals surface area contributed by atoms with E-state index in [0.29, 0.717) is 18.1 Å². The predicted molar refractivity (Wildman–Crippen MR) is 92.3 cm³/mol. The molecule has 3 aromatic rings. The maximum atomic E-state index is 13.2. The molecule has 132 valence electrons. The summed E-state index contributed by atoms with van der Waals surface area (Å²) in [6.45, 7) is 0.466. The fourth-order valence-electron chi connectivity index (χ4n) is 2.21. The fraction of sp³-hybridized carbons (Fsp3) is 0.0526. The number of rotatable bonds is 5. The normalized spacial score (nSPS) is 10.4. The molecule has 0 saturated carbocycles. The molecule has 0 spiro atoms. The summed E-state index contributed by atoms with van der Waals surface area (Å²) >= 11 is 0. The number of hydrogen-bond donors (Lipinski definition) is 2. The van der Waals surface area contributed by atoms with Crippen LogP contribution in [0.1, 0.15) is 15.9 Å². The number of pyridine rings is 1. The number of benzene rings is 2. The van der Waals surface area contributed by atoms with E-state index in [9.17, 15) is 18.0 Å². The first kappa shape index (κ1) is 17.5. The smallest absolute Gasteiger partial charge is 0.255 e. The zero-order valence-corrected chi connectivity index (χ0v) is 13.5. The van der Waals surface area contributed by atoms with E-state index in [1.165, 1.54) is 24.4 Å². The van der Waals surface area contributed by atoms with Gasteiger partial charge in [-0.1, -0.05) is 12.1 Å². The minimum Gasteiger partial charge on any atom is -0.366 e. The summed E-state index contributed by atoms with van der Waals surface area (Å²) < 4.78 is 38.9. The fourth-order valence-corrected chi connectivity index (χ4v) is 2.21. The van der Waals surface area contributed by atoms with Crippen LogP contribution in [0.4, 0.5) is 24.7 Å². The highest BCUT2D eigenvalue weighted by Gasteiger charge is 2.10. The highest BCUT2D eigenvalue weighted by atomic mass is 19.2. The molecule has 4 nitrogen and oxygen atoms in total. The monoisotopic (exact) mass is 357 g/mol. The molecule has 2 N–H and O–H groups in total. The average Bonchev–Trinajstić information content (AvgIpc) is 2.64. The molecule has 1 amide bonds. The van der Waals surface area contributed by atoms with Gasteiger partial charge in [-0.3, -0.25) is 4.79 Å². The maximum Gasteiger partial charge on any atom is 0.255 e. The van der Waals surface area contributed by atoms with E-state index in [0.717, 1.165) is 17.7 Å². The Hall–Kier alpha value is -3.35. The second-order valence-corrected chi connectivity index (χ2v) is 5.50. The third kappa shape index (κ3) is 4.38. The molecule has 26 heavy (non-hydrogen) atoms. The van der Waals surface area contributed by atoms with Crippen molar-refractivity contribution in [3.63, 3.8) is 0 Å². The van der Waals surface area contributed by atoms with Gasteiger partial charge in [-0.15, -0.1) is 0 Å². The molecule has 1 heterocycles. The first-order chi connectivity index (χ1) is 12.5. The third-order valence-corrected chi connectivity index (χ3v) is 3.59. The van der Waals surface area contributed by atoms with Crippen molar-refractivity contribution in [2.24, 2.45) is 0 Å². The van der Waals surface area contributed by atoms with Crippen molar-refractivity contribution in [3.05, 3.63) is 89.4 Å². The number of aromatic nitrogens is 1. The van der Waals surface area contributed by atoms with E-state index in [-0.39, 0.29) is 11.4 Å². The zero-order valence-electron chi connectivity index (χ0n) is 13.5. The van der Waals surface area contributed by atoms with Gasteiger partial charge in [-0.2, -0.15) is 0 Å². The van der Waals surface area contributed by atoms with Crippen LogP contribution in [0.2, 0.25) is 0 Å². The molecule has 0 bridgehead atoms. The lowest BCUT2D eigenvalue weighted by Crippen LogP contribution is -2.12. The minimum atomic E-state index is -1.09. The van der Waals surface area contributed by atoms with Crippen LogP contribution in [-0.4, -0.2) is 10.9 Å². The highest BCUT2D eigenvalue weighted by Crippen LogP contribution is 2.14. The molecule has 0 radical (unpaired) electrons. The van der Waals surface area contributed by atoms with Gasteiger partial charge in [0, 0.05) is 12.1 Å². The summed E-state index contributed by atoms with van der Waals surface area (Å²) in [7, 11) is 0. The van der Waals surface area contributed by atoms with Gasteiger partial charge < -0.3 is 10.6 Å². The van der Waals surface area contributed by atoms with Crippen LogP contribution in [-0.2, 0) is 6.54 Å². The molecule has 7 heteroatoms. The Labute approximate surface area is 147 Å². The van der Waals surface area contributed by atoms with E-state index < -0.39 is 17.5 Å². The summed E-state index contributed by atoms with van der Waals surface area (Å²) in [6, 6.07) is 12.3. The van der Waals surface area contributed by atoms with Crippen molar-refractivity contribution in [2.75, 3.05) is 10.6 Å². The van der Waals surface area contributed by atoms with Crippen LogP contribution in [0.15, 0.2) is 60.8 Å². The Morgan fingerprint density at radius 3 is 2.35 bits per heavy atom. The SMILES string of the molecule is O=C(Nc1ccc(NCc2ccc(F)cc2)nc1)c1ccc(F)c(F)c1. The minimum absolute atomic E-state index is 0.00223. The van der Waals surface area contributed by atoms with E-state index in [2.05, 4.69) is 15.6 Å². The van der Waals surface area contributed by atoms with Crippen LogP contribution in [0.25, 0.3) is 0 Å². The zero-order chi connectivity index (χ0) is 18.5. The van der Waals surface area contributed by atoms with Crippen molar-refractivity contribution in [2.45, 2.75) is 6.54 Å². The molecule has 0 aliphatic carbocycles. The molecule has 1 aromatic heterocycles. The summed E-state index contributed by atoms with van der Waals surface area (Å²) in [4.78, 5) is 16.2. The summed E-state index contributed by atoms with van der Waals surface area (Å²) in [5, 5.41) is 5.62. The van der Waals surface area contributed by atoms with Crippen molar-refractivity contribution in [1.82, 2.24) is 4.98 Å². The van der Waals surface area contributed by atoms with Crippen molar-refractivity contribution < 1.29 is 18.0 Å². The van der Waals surface area contributed by atoms with Gasteiger partial charge in [0.05, 0.1) is 11.9 Å². The van der Waals surface area contributed by atoms with Gasteiger partial charge in [0.15, 0.2) is 11.6 Å². The lowest BCUT2D eigenvalue weighted by molar-refractivity contribution is 0.102. The van der Waals surface area contributed by atoms with Crippen LogP contribution in [0.5, 0.6) is 0 Å². The molecule has 0 unspecified atom stereocenters. The number of amides is 1. The number of hydrogen-bond acceptors (Lipinski definition) is 3. The maximum absolute atomic E-state index is 13.2. The van der Waals surface area contributed by atoms with Gasteiger partial charge in [0.2, 0.25) is 0 Å². The summed E-state index contributed by atoms with van der Waals surface area (Å²) in [6.07, 6.45) is 1.44. The largest absolute Gasteiger partial charge is 0.366 e. The second-order valence-electron chi connectivity index (χ2n) is 5.50.